The highest BCUT2D eigenvalue weighted by Gasteiger charge is 2.14. The molecule has 0 spiro atoms. The molecule has 2 aromatic rings. The van der Waals surface area contributed by atoms with Gasteiger partial charge in [-0.15, -0.1) is 0 Å². The van der Waals surface area contributed by atoms with Crippen molar-refractivity contribution >= 4 is 21.6 Å². The minimum Gasteiger partial charge on any atom is -0.353 e. The highest BCUT2D eigenvalue weighted by atomic mass is 35.5. The monoisotopic (exact) mass is 301 g/mol. The lowest BCUT2D eigenvalue weighted by Gasteiger charge is -2.07. The minimum absolute atomic E-state index is 0.0652. The smallest absolute Gasteiger partial charge is 0.266 e. The van der Waals surface area contributed by atoms with Gasteiger partial charge in [0, 0.05) is 31.7 Å². The summed E-state index contributed by atoms with van der Waals surface area (Å²) in [6.45, 7) is 0.761. The molecule has 0 unspecified atom stereocenters. The number of nitrogens with zero attached hydrogens (tertiary/aromatic N) is 1. The molecule has 19 heavy (non-hydrogen) atoms. The second-order valence-corrected chi connectivity index (χ2v) is 6.01. The average Bonchev–Trinajstić information content (AvgIpc) is 2.85. The molecule has 8 heteroatoms. The third-order valence-electron chi connectivity index (χ3n) is 2.47. The van der Waals surface area contributed by atoms with Crippen molar-refractivity contribution in [1.29, 1.82) is 0 Å². The third kappa shape index (κ3) is 3.46. The fraction of sp³-hybridized carbons (Fsp3) is 0.182. The number of H-pyrrole nitrogens is 1. The molecule has 2 aromatic heterocycles. The average molecular weight is 302 g/mol. The van der Waals surface area contributed by atoms with Gasteiger partial charge in [-0.3, -0.25) is 4.79 Å². The summed E-state index contributed by atoms with van der Waals surface area (Å²) in [5.41, 5.74) is -0.520. The van der Waals surface area contributed by atoms with Crippen molar-refractivity contribution in [2.24, 2.45) is 0 Å². The first-order valence-electron chi connectivity index (χ1n) is 5.48. The maximum atomic E-state index is 11.9. The zero-order chi connectivity index (χ0) is 13.9. The maximum Gasteiger partial charge on any atom is 0.266 e. The van der Waals surface area contributed by atoms with Gasteiger partial charge in [0.2, 0.25) is 10.0 Å². The fourth-order valence-electron chi connectivity index (χ4n) is 1.50. The fourth-order valence-corrected chi connectivity index (χ4v) is 2.76. The van der Waals surface area contributed by atoms with Crippen LogP contribution in [0.2, 0.25) is 5.02 Å². The van der Waals surface area contributed by atoms with E-state index >= 15 is 0 Å². The highest BCUT2D eigenvalue weighted by Crippen LogP contribution is 2.09. The molecule has 0 saturated heterocycles. The first kappa shape index (κ1) is 13.9. The summed E-state index contributed by atoms with van der Waals surface area (Å²) in [6.07, 6.45) is 4.79. The van der Waals surface area contributed by atoms with Crippen molar-refractivity contribution in [3.05, 3.63) is 52.2 Å². The number of halogens is 1. The van der Waals surface area contributed by atoms with Gasteiger partial charge in [-0.1, -0.05) is 11.6 Å². The number of rotatable bonds is 5. The van der Waals surface area contributed by atoms with Crippen LogP contribution in [0.5, 0.6) is 0 Å². The molecule has 0 aliphatic rings. The number of hydrogen-bond acceptors (Lipinski definition) is 3. The number of aromatic amines is 1. The number of pyridine rings is 1. The summed E-state index contributed by atoms with van der Waals surface area (Å²) in [7, 11) is -3.67. The van der Waals surface area contributed by atoms with E-state index in [1.165, 1.54) is 0 Å². The van der Waals surface area contributed by atoms with Crippen molar-refractivity contribution < 1.29 is 8.42 Å². The van der Waals surface area contributed by atoms with Crippen molar-refractivity contribution in [3.63, 3.8) is 0 Å². The van der Waals surface area contributed by atoms with Crippen LogP contribution in [0, 0.1) is 0 Å². The van der Waals surface area contributed by atoms with Gasteiger partial charge in [-0.25, -0.2) is 13.1 Å². The second-order valence-electron chi connectivity index (χ2n) is 3.83. The van der Waals surface area contributed by atoms with Gasteiger partial charge in [0.25, 0.3) is 5.56 Å². The van der Waals surface area contributed by atoms with Crippen LogP contribution in [0.15, 0.2) is 46.5 Å². The molecular weight excluding hydrogens is 290 g/mol. The molecule has 6 nitrogen and oxygen atoms in total. The normalized spacial score (nSPS) is 11.6. The van der Waals surface area contributed by atoms with Crippen LogP contribution in [-0.4, -0.2) is 24.5 Å². The van der Waals surface area contributed by atoms with E-state index in [4.69, 9.17) is 11.6 Å². The summed E-state index contributed by atoms with van der Waals surface area (Å²) in [5.74, 6) is 0. The third-order valence-corrected chi connectivity index (χ3v) is 4.19. The van der Waals surface area contributed by atoms with E-state index in [1.807, 2.05) is 29.1 Å². The molecule has 0 amide bonds. The molecule has 2 heterocycles. The number of sulfonamides is 1. The predicted molar refractivity (Wildman–Crippen MR) is 71.7 cm³/mol. The quantitative estimate of drug-likeness (QED) is 0.857. The van der Waals surface area contributed by atoms with Crippen LogP contribution in [0.1, 0.15) is 0 Å². The van der Waals surface area contributed by atoms with Gasteiger partial charge >= 0.3 is 0 Å². The number of hydrogen-bond donors (Lipinski definition) is 2. The summed E-state index contributed by atoms with van der Waals surface area (Å²) < 4.78 is 28.1. The Balaban J connectivity index is 2.05. The Morgan fingerprint density at radius 1 is 1.32 bits per heavy atom. The second kappa shape index (κ2) is 5.60. The molecule has 0 radical (unpaired) electrons. The lowest BCUT2D eigenvalue weighted by Crippen LogP contribution is -2.27. The van der Waals surface area contributed by atoms with Crippen LogP contribution in [0.4, 0.5) is 0 Å². The molecule has 2 rings (SSSR count). The Labute approximate surface area is 115 Å². The van der Waals surface area contributed by atoms with E-state index in [-0.39, 0.29) is 16.5 Å². The molecule has 0 saturated carbocycles. The standard InChI is InChI=1S/C11H12ClN3O3S/c12-10-7-9(8-13-11(10)16)19(17,18)14-3-6-15-4-1-2-5-15/h1-2,4-5,7-8,14H,3,6H2,(H,13,16). The molecule has 0 aliphatic heterocycles. The van der Waals surface area contributed by atoms with E-state index in [0.29, 0.717) is 6.54 Å². The molecule has 2 N–H and O–H groups in total. The molecule has 0 aliphatic carbocycles. The maximum absolute atomic E-state index is 11.9. The van der Waals surface area contributed by atoms with Gasteiger partial charge in [0.15, 0.2) is 0 Å². The van der Waals surface area contributed by atoms with Gasteiger partial charge in [-0.05, 0) is 18.2 Å². The molecule has 0 bridgehead atoms. The van der Waals surface area contributed by atoms with Gasteiger partial charge in [-0.2, -0.15) is 0 Å². The largest absolute Gasteiger partial charge is 0.353 e. The molecule has 102 valence electrons. The van der Waals surface area contributed by atoms with E-state index in [0.717, 1.165) is 12.3 Å². The molecule has 0 fully saturated rings. The van der Waals surface area contributed by atoms with Crippen LogP contribution in [0.3, 0.4) is 0 Å². The lowest BCUT2D eigenvalue weighted by molar-refractivity contribution is 0.572. The van der Waals surface area contributed by atoms with Crippen LogP contribution < -0.4 is 10.3 Å². The van der Waals surface area contributed by atoms with E-state index in [2.05, 4.69) is 9.71 Å². The number of aromatic nitrogens is 2. The Hall–Kier alpha value is -1.57. The van der Waals surface area contributed by atoms with Crippen LogP contribution in [0.25, 0.3) is 0 Å². The van der Waals surface area contributed by atoms with Crippen molar-refractivity contribution in [2.45, 2.75) is 11.4 Å². The summed E-state index contributed by atoms with van der Waals surface area (Å²) in [5, 5.41) is -0.159. The van der Waals surface area contributed by atoms with Crippen molar-refractivity contribution in [3.8, 4) is 0 Å². The lowest BCUT2D eigenvalue weighted by atomic mass is 10.5. The molecule has 0 aromatic carbocycles. The van der Waals surface area contributed by atoms with Gasteiger partial charge < -0.3 is 9.55 Å². The summed E-state index contributed by atoms with van der Waals surface area (Å²) in [6, 6.07) is 4.84. The van der Waals surface area contributed by atoms with Crippen molar-refractivity contribution in [2.75, 3.05) is 6.54 Å². The first-order chi connectivity index (χ1) is 8.99. The first-order valence-corrected chi connectivity index (χ1v) is 7.34. The Morgan fingerprint density at radius 2 is 2.00 bits per heavy atom. The van der Waals surface area contributed by atoms with E-state index in [1.54, 1.807) is 0 Å². The molecular formula is C11H12ClN3O3S. The van der Waals surface area contributed by atoms with Gasteiger partial charge in [0.1, 0.15) is 5.02 Å². The Bertz CT molecular complexity index is 707. The highest BCUT2D eigenvalue weighted by molar-refractivity contribution is 7.89. The van der Waals surface area contributed by atoms with Crippen molar-refractivity contribution in [1.82, 2.24) is 14.3 Å². The summed E-state index contributed by atoms with van der Waals surface area (Å²) >= 11 is 5.60. The zero-order valence-corrected chi connectivity index (χ0v) is 11.4. The Kier molecular flexibility index (Phi) is 4.08. The molecule has 0 atom stereocenters. The number of nitrogens with one attached hydrogen (secondary N) is 2. The summed E-state index contributed by atoms with van der Waals surface area (Å²) in [4.78, 5) is 13.3. The van der Waals surface area contributed by atoms with Gasteiger partial charge in [0.05, 0.1) is 4.90 Å². The predicted octanol–water partition coefficient (Wildman–Crippen LogP) is 0.808. The Morgan fingerprint density at radius 3 is 2.63 bits per heavy atom. The SMILES string of the molecule is O=c1[nH]cc(S(=O)(=O)NCCn2cccc2)cc1Cl. The van der Waals surface area contributed by atoms with E-state index < -0.39 is 15.6 Å². The topological polar surface area (TPSA) is 84.0 Å². The van der Waals surface area contributed by atoms with E-state index in [9.17, 15) is 13.2 Å². The zero-order valence-electron chi connectivity index (χ0n) is 9.84. The minimum atomic E-state index is -3.67. The van der Waals surface area contributed by atoms with Crippen LogP contribution in [-0.2, 0) is 16.6 Å². The van der Waals surface area contributed by atoms with Crippen LogP contribution >= 0.6 is 11.6 Å².